The van der Waals surface area contributed by atoms with Crippen LogP contribution in [0, 0.1) is 35.5 Å². The molecule has 0 saturated heterocycles. The molecule has 0 heterocycles. The van der Waals surface area contributed by atoms with Gasteiger partial charge in [0.15, 0.2) is 0 Å². The van der Waals surface area contributed by atoms with Crippen molar-refractivity contribution in [3.8, 4) is 11.1 Å². The Morgan fingerprint density at radius 1 is 0.636 bits per heavy atom. The smallest absolute Gasteiger partial charge is 0.0288 e. The van der Waals surface area contributed by atoms with E-state index in [4.69, 9.17) is 0 Å². The van der Waals surface area contributed by atoms with E-state index in [-0.39, 0.29) is 10.8 Å². The third kappa shape index (κ3) is 3.21. The zero-order chi connectivity index (χ0) is 31.0. The predicted molar refractivity (Wildman–Crippen MR) is 189 cm³/mol. The molecule has 1 fully saturated rings. The van der Waals surface area contributed by atoms with Gasteiger partial charge in [0.05, 0.1) is 0 Å². The zero-order valence-corrected chi connectivity index (χ0v) is 28.6. The number of allylic oxidation sites excluding steroid dienone is 2. The van der Waals surface area contributed by atoms with Crippen LogP contribution in [0.25, 0.3) is 33.0 Å². The molecule has 4 aliphatic rings. The minimum absolute atomic E-state index is 0.0348. The first kappa shape index (κ1) is 28.4. The van der Waals surface area contributed by atoms with Crippen molar-refractivity contribution >= 4 is 21.9 Å². The molecule has 44 heavy (non-hydrogen) atoms. The highest BCUT2D eigenvalue weighted by Gasteiger charge is 2.69. The topological polar surface area (TPSA) is 0 Å². The van der Waals surface area contributed by atoms with Crippen molar-refractivity contribution in [2.45, 2.75) is 92.4 Å². The van der Waals surface area contributed by atoms with E-state index in [0.717, 1.165) is 6.42 Å². The Balaban J connectivity index is 1.52. The van der Waals surface area contributed by atoms with Gasteiger partial charge < -0.3 is 0 Å². The average Bonchev–Trinajstić information content (AvgIpc) is 3.56. The van der Waals surface area contributed by atoms with Crippen LogP contribution in [0.5, 0.6) is 0 Å². The minimum Gasteiger partial charge on any atom is -0.0625 e. The molecule has 4 aliphatic carbocycles. The van der Waals surface area contributed by atoms with Crippen LogP contribution in [0.3, 0.4) is 0 Å². The molecule has 0 radical (unpaired) electrons. The van der Waals surface area contributed by atoms with Gasteiger partial charge in [-0.1, -0.05) is 130 Å². The van der Waals surface area contributed by atoms with Crippen LogP contribution < -0.4 is 0 Å². The summed E-state index contributed by atoms with van der Waals surface area (Å²) in [6.45, 7) is 24.9. The Hall–Kier alpha value is -3.12. The van der Waals surface area contributed by atoms with Gasteiger partial charge >= 0.3 is 0 Å². The van der Waals surface area contributed by atoms with Gasteiger partial charge in [-0.3, -0.25) is 0 Å². The molecule has 8 rings (SSSR count). The Morgan fingerprint density at radius 3 is 1.91 bits per heavy atom. The monoisotopic (exact) mass is 578 g/mol. The van der Waals surface area contributed by atoms with Gasteiger partial charge in [-0.25, -0.2) is 0 Å². The lowest BCUT2D eigenvalue weighted by Crippen LogP contribution is -2.64. The molecule has 0 aliphatic heterocycles. The van der Waals surface area contributed by atoms with Gasteiger partial charge in [-0.05, 0) is 126 Å². The standard InChI is InChI=1S/C44H50/c1-23(2)32-22-34-37-35(20-19-31-33-21-27-15-11-12-16-28(27)40(33)43(9,10)42(31)37)44(41(34)30-18-14-13-17-29(30)32)38(25(5)6)36(24(3)4)39(44)26(7)8/h11-20,22-26,36,38-39H,21H2,1-10H3. The summed E-state index contributed by atoms with van der Waals surface area (Å²) in [7, 11) is 0. The van der Waals surface area contributed by atoms with E-state index in [9.17, 15) is 0 Å². The Morgan fingerprint density at radius 2 is 1.27 bits per heavy atom. The van der Waals surface area contributed by atoms with Gasteiger partial charge in [0, 0.05) is 10.8 Å². The van der Waals surface area contributed by atoms with Crippen molar-refractivity contribution in [3.05, 3.63) is 106 Å². The lowest BCUT2D eigenvalue weighted by molar-refractivity contribution is -0.105. The summed E-state index contributed by atoms with van der Waals surface area (Å²) in [4.78, 5) is 0. The quantitative estimate of drug-likeness (QED) is 0.226. The summed E-state index contributed by atoms with van der Waals surface area (Å²) in [5, 5.41) is 2.98. The van der Waals surface area contributed by atoms with Crippen LogP contribution in [0.1, 0.15) is 114 Å². The fourth-order valence-corrected chi connectivity index (χ4v) is 11.6. The molecule has 4 aromatic rings. The van der Waals surface area contributed by atoms with Crippen molar-refractivity contribution in [1.29, 1.82) is 0 Å². The van der Waals surface area contributed by atoms with Gasteiger partial charge in [-0.15, -0.1) is 0 Å². The van der Waals surface area contributed by atoms with E-state index in [1.807, 2.05) is 0 Å². The third-order valence-electron chi connectivity index (χ3n) is 12.7. The zero-order valence-electron chi connectivity index (χ0n) is 28.6. The maximum Gasteiger partial charge on any atom is 0.0288 e. The van der Waals surface area contributed by atoms with Crippen molar-refractivity contribution in [3.63, 3.8) is 0 Å². The lowest BCUT2D eigenvalue weighted by atomic mass is 9.37. The first-order valence-electron chi connectivity index (χ1n) is 17.5. The van der Waals surface area contributed by atoms with Crippen molar-refractivity contribution in [2.24, 2.45) is 35.5 Å². The number of hydrogen-bond donors (Lipinski definition) is 0. The van der Waals surface area contributed by atoms with E-state index >= 15 is 0 Å². The molecular formula is C44H50. The number of benzene rings is 4. The molecule has 1 saturated carbocycles. The predicted octanol–water partition coefficient (Wildman–Crippen LogP) is 11.8. The Bertz CT molecular complexity index is 1870. The van der Waals surface area contributed by atoms with Crippen LogP contribution in [-0.2, 0) is 17.3 Å². The molecule has 4 aromatic carbocycles. The summed E-state index contributed by atoms with van der Waals surface area (Å²) in [6.07, 6.45) is 1.06. The fraction of sp³-hybridized carbons (Fsp3) is 0.455. The van der Waals surface area contributed by atoms with Crippen LogP contribution in [0.15, 0.2) is 66.7 Å². The van der Waals surface area contributed by atoms with E-state index in [1.54, 1.807) is 39.0 Å². The second-order valence-electron chi connectivity index (χ2n) is 16.5. The van der Waals surface area contributed by atoms with Crippen LogP contribution in [0.2, 0.25) is 0 Å². The highest BCUT2D eigenvalue weighted by Crippen LogP contribution is 2.74. The molecule has 0 heteroatoms. The second-order valence-corrected chi connectivity index (χ2v) is 16.5. The number of rotatable bonds is 4. The van der Waals surface area contributed by atoms with Gasteiger partial charge in [0.25, 0.3) is 0 Å². The van der Waals surface area contributed by atoms with Crippen molar-refractivity contribution in [1.82, 2.24) is 0 Å². The molecular weight excluding hydrogens is 528 g/mol. The molecule has 1 spiro atoms. The summed E-state index contributed by atoms with van der Waals surface area (Å²) in [6, 6.07) is 26.5. The molecule has 2 unspecified atom stereocenters. The molecule has 0 nitrogen and oxygen atoms in total. The first-order chi connectivity index (χ1) is 20.9. The Labute approximate surface area is 266 Å². The summed E-state index contributed by atoms with van der Waals surface area (Å²) >= 11 is 0. The van der Waals surface area contributed by atoms with E-state index < -0.39 is 0 Å². The first-order valence-corrected chi connectivity index (χ1v) is 17.5. The highest BCUT2D eigenvalue weighted by molar-refractivity contribution is 6.10. The third-order valence-corrected chi connectivity index (χ3v) is 12.7. The minimum atomic E-state index is -0.0447. The van der Waals surface area contributed by atoms with Crippen molar-refractivity contribution in [2.75, 3.05) is 0 Å². The molecule has 226 valence electrons. The highest BCUT2D eigenvalue weighted by atomic mass is 14.7. The second kappa shape index (κ2) is 9.22. The molecule has 0 N–H and O–H groups in total. The van der Waals surface area contributed by atoms with Crippen LogP contribution in [-0.4, -0.2) is 0 Å². The average molecular weight is 579 g/mol. The van der Waals surface area contributed by atoms with Crippen LogP contribution >= 0.6 is 0 Å². The van der Waals surface area contributed by atoms with Gasteiger partial charge in [0.1, 0.15) is 0 Å². The molecule has 0 bridgehead atoms. The summed E-state index contributed by atoms with van der Waals surface area (Å²) in [5.74, 6) is 4.30. The summed E-state index contributed by atoms with van der Waals surface area (Å²) < 4.78 is 0. The number of hydrogen-bond acceptors (Lipinski definition) is 0. The normalized spacial score (nSPS) is 25.7. The van der Waals surface area contributed by atoms with Crippen LogP contribution in [0.4, 0.5) is 0 Å². The van der Waals surface area contributed by atoms with E-state index in [2.05, 4.69) is 136 Å². The fourth-order valence-electron chi connectivity index (χ4n) is 11.6. The van der Waals surface area contributed by atoms with E-state index in [1.165, 1.54) is 33.0 Å². The molecule has 0 amide bonds. The summed E-state index contributed by atoms with van der Waals surface area (Å²) in [5.41, 5.74) is 17.2. The van der Waals surface area contributed by atoms with E-state index in [0.29, 0.717) is 41.4 Å². The largest absolute Gasteiger partial charge is 0.0625 e. The Kier molecular flexibility index (Phi) is 5.94. The van der Waals surface area contributed by atoms with Crippen molar-refractivity contribution < 1.29 is 0 Å². The molecule has 0 aromatic heterocycles. The SMILES string of the molecule is CC(C)c1cc2c(c3ccccc13)C1(c3ccc4c(c3-2)C(C)(C)C2=C4Cc3ccccc32)C(C(C)C)C(C(C)C)C1C(C)C. The number of fused-ring (bicyclic) bond motifs is 12. The van der Waals surface area contributed by atoms with Gasteiger partial charge in [0.2, 0.25) is 0 Å². The maximum absolute atomic E-state index is 2.67. The van der Waals surface area contributed by atoms with Gasteiger partial charge in [-0.2, -0.15) is 0 Å². The molecule has 2 atom stereocenters. The lowest BCUT2D eigenvalue weighted by Gasteiger charge is -2.66. The maximum atomic E-state index is 2.67.